The smallest absolute Gasteiger partial charge is 0.304 e. The van der Waals surface area contributed by atoms with Gasteiger partial charge in [0.15, 0.2) is 0 Å². The lowest BCUT2D eigenvalue weighted by Crippen LogP contribution is -2.24. The first-order chi connectivity index (χ1) is 12.9. The van der Waals surface area contributed by atoms with Crippen molar-refractivity contribution in [3.05, 3.63) is 52.5 Å². The highest BCUT2D eigenvalue weighted by molar-refractivity contribution is 8.02. The first kappa shape index (κ1) is 19.8. The van der Waals surface area contributed by atoms with E-state index < -0.39 is 11.2 Å². The predicted octanol–water partition coefficient (Wildman–Crippen LogP) is 4.78. The minimum Gasteiger partial charge on any atom is -0.496 e. The van der Waals surface area contributed by atoms with Gasteiger partial charge < -0.3 is 19.9 Å². The second-order valence-corrected chi connectivity index (χ2v) is 8.09. The number of methoxy groups -OCH3 is 2. The van der Waals surface area contributed by atoms with Crippen LogP contribution in [0.5, 0.6) is 11.5 Å². The van der Waals surface area contributed by atoms with E-state index in [9.17, 15) is 9.90 Å². The summed E-state index contributed by atoms with van der Waals surface area (Å²) >= 11 is 13.2. The van der Waals surface area contributed by atoms with Crippen molar-refractivity contribution >= 4 is 52.2 Å². The number of anilines is 1. The second kappa shape index (κ2) is 8.37. The van der Waals surface area contributed by atoms with Gasteiger partial charge in [0.1, 0.15) is 11.5 Å². The summed E-state index contributed by atoms with van der Waals surface area (Å²) in [6.07, 6.45) is -0.0911. The van der Waals surface area contributed by atoms with Gasteiger partial charge in [0, 0.05) is 10.7 Å². The molecule has 0 amide bonds. The van der Waals surface area contributed by atoms with Gasteiger partial charge in [-0.15, -0.1) is 11.8 Å². The van der Waals surface area contributed by atoms with Crippen LogP contribution in [0.4, 0.5) is 5.69 Å². The lowest BCUT2D eigenvalue weighted by molar-refractivity contribution is -0.136. The molecule has 0 saturated heterocycles. The third kappa shape index (κ3) is 4.15. The van der Waals surface area contributed by atoms with E-state index in [0.717, 1.165) is 16.8 Å². The maximum Gasteiger partial charge on any atom is 0.304 e. The van der Waals surface area contributed by atoms with Crippen LogP contribution in [0.2, 0.25) is 5.02 Å². The molecule has 0 saturated carbocycles. The molecule has 1 aliphatic rings. The number of thiocarbonyl (C=S) groups is 1. The van der Waals surface area contributed by atoms with E-state index in [-0.39, 0.29) is 11.7 Å². The van der Waals surface area contributed by atoms with Gasteiger partial charge in [0.05, 0.1) is 41.7 Å². The van der Waals surface area contributed by atoms with Gasteiger partial charge in [-0.1, -0.05) is 29.9 Å². The highest BCUT2D eigenvalue weighted by atomic mass is 35.5. The van der Waals surface area contributed by atoms with Gasteiger partial charge >= 0.3 is 5.97 Å². The maximum absolute atomic E-state index is 11.4. The first-order valence-corrected chi connectivity index (χ1v) is 9.86. The van der Waals surface area contributed by atoms with Crippen molar-refractivity contribution in [2.24, 2.45) is 0 Å². The summed E-state index contributed by atoms with van der Waals surface area (Å²) < 4.78 is 11.1. The van der Waals surface area contributed by atoms with Crippen molar-refractivity contribution in [1.29, 1.82) is 0 Å². The highest BCUT2D eigenvalue weighted by Crippen LogP contribution is 2.51. The molecule has 0 bridgehead atoms. The number of carboxylic acids is 1. The van der Waals surface area contributed by atoms with Crippen LogP contribution in [0.1, 0.15) is 22.8 Å². The van der Waals surface area contributed by atoms with Gasteiger partial charge in [-0.3, -0.25) is 4.79 Å². The summed E-state index contributed by atoms with van der Waals surface area (Å²) in [7, 11) is 3.19. The average Bonchev–Trinajstić information content (AvgIpc) is 2.77. The Hall–Kier alpha value is -1.96. The largest absolute Gasteiger partial charge is 0.496 e. The Morgan fingerprint density at radius 1 is 1.26 bits per heavy atom. The Kier molecular flexibility index (Phi) is 6.14. The fourth-order valence-electron chi connectivity index (χ4n) is 3.04. The molecule has 5 nitrogen and oxygen atoms in total. The van der Waals surface area contributed by atoms with E-state index in [1.54, 1.807) is 20.3 Å². The zero-order chi connectivity index (χ0) is 19.6. The van der Waals surface area contributed by atoms with Gasteiger partial charge in [-0.05, 0) is 35.9 Å². The number of carbonyl (C=O) groups is 1. The molecule has 0 unspecified atom stereocenters. The minimum absolute atomic E-state index is 0.0911. The molecule has 2 aromatic carbocycles. The monoisotopic (exact) mass is 423 g/mol. The fourth-order valence-corrected chi connectivity index (χ4v) is 5.04. The van der Waals surface area contributed by atoms with Gasteiger partial charge in [-0.25, -0.2) is 0 Å². The van der Waals surface area contributed by atoms with Crippen LogP contribution in [-0.4, -0.2) is 35.5 Å². The predicted molar refractivity (Wildman–Crippen MR) is 113 cm³/mol. The third-order valence-corrected chi connectivity index (χ3v) is 6.50. The Bertz CT molecular complexity index is 868. The van der Waals surface area contributed by atoms with Crippen molar-refractivity contribution in [3.8, 4) is 11.5 Å². The molecule has 27 heavy (non-hydrogen) atoms. The fraction of sp³-hybridized carbons (Fsp3) is 0.263. The molecule has 0 fully saturated rings. The number of hydrogen-bond donors (Lipinski definition) is 2. The van der Waals surface area contributed by atoms with Crippen molar-refractivity contribution in [3.63, 3.8) is 0 Å². The van der Waals surface area contributed by atoms with E-state index >= 15 is 0 Å². The SMILES string of the molecule is COc1cccc(OC)c1[C@H]1S[C@H](CC(=O)O)C(=S)Nc2ccc(Cl)cc21. The number of halogens is 1. The molecule has 1 heterocycles. The van der Waals surface area contributed by atoms with Crippen molar-refractivity contribution in [2.45, 2.75) is 16.9 Å². The molecule has 0 aromatic heterocycles. The zero-order valence-electron chi connectivity index (χ0n) is 14.7. The van der Waals surface area contributed by atoms with Gasteiger partial charge in [0.2, 0.25) is 0 Å². The molecule has 1 aliphatic heterocycles. The number of carboxylic acid groups (broad SMARTS) is 1. The number of nitrogens with one attached hydrogen (secondary N) is 1. The summed E-state index contributed by atoms with van der Waals surface area (Å²) in [5.74, 6) is 0.394. The summed E-state index contributed by atoms with van der Waals surface area (Å²) in [6, 6.07) is 11.0. The number of hydrogen-bond acceptors (Lipinski definition) is 5. The van der Waals surface area contributed by atoms with Crippen LogP contribution in [0, 0.1) is 0 Å². The number of aliphatic carboxylic acids is 1. The van der Waals surface area contributed by atoms with Crippen LogP contribution in [0.3, 0.4) is 0 Å². The number of rotatable bonds is 5. The van der Waals surface area contributed by atoms with Crippen LogP contribution in [-0.2, 0) is 4.79 Å². The number of benzene rings is 2. The number of thioether (sulfide) groups is 1. The first-order valence-electron chi connectivity index (χ1n) is 8.13. The zero-order valence-corrected chi connectivity index (χ0v) is 17.1. The van der Waals surface area contributed by atoms with Crippen molar-refractivity contribution < 1.29 is 19.4 Å². The van der Waals surface area contributed by atoms with Crippen LogP contribution in [0.25, 0.3) is 0 Å². The Balaban J connectivity index is 2.21. The molecule has 2 aromatic rings. The summed E-state index contributed by atoms with van der Waals surface area (Å²) in [4.78, 5) is 11.8. The average molecular weight is 424 g/mol. The third-order valence-electron chi connectivity index (χ3n) is 4.23. The molecular formula is C19H18ClNO4S2. The molecule has 0 spiro atoms. The Morgan fingerprint density at radius 3 is 2.52 bits per heavy atom. The van der Waals surface area contributed by atoms with Crippen LogP contribution < -0.4 is 14.8 Å². The summed E-state index contributed by atoms with van der Waals surface area (Å²) in [5, 5.41) is 12.4. The number of ether oxygens (including phenoxy) is 2. The quantitative estimate of drug-likeness (QED) is 0.671. The molecule has 3 rings (SSSR count). The Morgan fingerprint density at radius 2 is 1.93 bits per heavy atom. The lowest BCUT2D eigenvalue weighted by Gasteiger charge is -2.24. The Labute approximate surface area is 172 Å². The standard InChI is InChI=1S/C19H18ClNO4S2/c1-24-13-4-3-5-14(25-2)17(13)18-11-8-10(20)6-7-12(11)21-19(26)15(27-18)9-16(22)23/h3-8,15,18H,9H2,1-2H3,(H,21,26)(H,22,23)/t15-,18+/m1/s1. The molecule has 8 heteroatoms. The maximum atomic E-state index is 11.4. The van der Waals surface area contributed by atoms with E-state index in [2.05, 4.69) is 5.32 Å². The van der Waals surface area contributed by atoms with E-state index in [4.69, 9.17) is 33.3 Å². The molecule has 0 aliphatic carbocycles. The van der Waals surface area contributed by atoms with E-state index in [1.807, 2.05) is 30.3 Å². The second-order valence-electron chi connectivity index (χ2n) is 5.90. The van der Waals surface area contributed by atoms with Gasteiger partial charge in [0.25, 0.3) is 0 Å². The van der Waals surface area contributed by atoms with Gasteiger partial charge in [-0.2, -0.15) is 0 Å². The van der Waals surface area contributed by atoms with E-state index in [0.29, 0.717) is 21.5 Å². The molecule has 142 valence electrons. The highest BCUT2D eigenvalue weighted by Gasteiger charge is 2.34. The topological polar surface area (TPSA) is 67.8 Å². The summed E-state index contributed by atoms with van der Waals surface area (Å²) in [6.45, 7) is 0. The number of fused-ring (bicyclic) bond motifs is 1. The molecule has 0 radical (unpaired) electrons. The summed E-state index contributed by atoms with van der Waals surface area (Å²) in [5.41, 5.74) is 2.51. The normalized spacial score (nSPS) is 18.9. The molecule has 2 atom stereocenters. The van der Waals surface area contributed by atoms with Crippen molar-refractivity contribution in [1.82, 2.24) is 0 Å². The molecular weight excluding hydrogens is 406 g/mol. The lowest BCUT2D eigenvalue weighted by atomic mass is 10.0. The van der Waals surface area contributed by atoms with Crippen molar-refractivity contribution in [2.75, 3.05) is 19.5 Å². The van der Waals surface area contributed by atoms with Crippen LogP contribution in [0.15, 0.2) is 36.4 Å². The van der Waals surface area contributed by atoms with E-state index in [1.165, 1.54) is 11.8 Å². The van der Waals surface area contributed by atoms with Crippen LogP contribution >= 0.6 is 35.6 Å². The minimum atomic E-state index is -0.911. The molecule has 2 N–H and O–H groups in total.